The highest BCUT2D eigenvalue weighted by Gasteiger charge is 2.21. The predicted molar refractivity (Wildman–Crippen MR) is 80.1 cm³/mol. The van der Waals surface area contributed by atoms with E-state index in [1.165, 1.54) is 7.11 Å². The van der Waals surface area contributed by atoms with Gasteiger partial charge in [-0.05, 0) is 25.3 Å². The molecule has 0 spiro atoms. The van der Waals surface area contributed by atoms with E-state index in [2.05, 4.69) is 5.32 Å². The van der Waals surface area contributed by atoms with Gasteiger partial charge in [0.15, 0.2) is 0 Å². The molecule has 1 rings (SSSR count). The quantitative estimate of drug-likeness (QED) is 0.766. The smallest absolute Gasteiger partial charge is 0.308 e. The average Bonchev–Trinajstić information content (AvgIpc) is 2.44. The van der Waals surface area contributed by atoms with Crippen LogP contribution in [0.5, 0.6) is 0 Å². The maximum Gasteiger partial charge on any atom is 0.308 e. The number of carboxylic acid groups (broad SMARTS) is 1. The zero-order valence-corrected chi connectivity index (χ0v) is 12.8. The van der Waals surface area contributed by atoms with Crippen LogP contribution in [-0.2, 0) is 20.7 Å². The first-order chi connectivity index (χ1) is 9.97. The van der Waals surface area contributed by atoms with E-state index in [1.54, 1.807) is 0 Å². The molecule has 0 saturated carbocycles. The van der Waals surface area contributed by atoms with E-state index in [4.69, 9.17) is 4.74 Å². The van der Waals surface area contributed by atoms with Gasteiger partial charge < -0.3 is 15.2 Å². The van der Waals surface area contributed by atoms with E-state index in [0.717, 1.165) is 11.1 Å². The van der Waals surface area contributed by atoms with Crippen molar-refractivity contribution in [2.45, 2.75) is 32.8 Å². The molecule has 5 heteroatoms. The molecule has 1 aromatic carbocycles. The number of ether oxygens (including phenoxy) is 1. The van der Waals surface area contributed by atoms with Gasteiger partial charge in [0.25, 0.3) is 0 Å². The number of carboxylic acids is 1. The van der Waals surface area contributed by atoms with Crippen LogP contribution >= 0.6 is 0 Å². The fourth-order valence-electron chi connectivity index (χ4n) is 2.17. The second-order valence-corrected chi connectivity index (χ2v) is 5.11. The van der Waals surface area contributed by atoms with E-state index in [0.29, 0.717) is 12.8 Å². The summed E-state index contributed by atoms with van der Waals surface area (Å²) in [6, 6.07) is 7.72. The number of rotatable bonds is 8. The summed E-state index contributed by atoms with van der Waals surface area (Å²) in [4.78, 5) is 23.1. The second kappa shape index (κ2) is 8.42. The molecule has 0 aromatic heterocycles. The Morgan fingerprint density at radius 1 is 1.38 bits per heavy atom. The largest absolute Gasteiger partial charge is 0.481 e. The van der Waals surface area contributed by atoms with Crippen LogP contribution in [0, 0.1) is 12.8 Å². The molecule has 0 heterocycles. The molecule has 21 heavy (non-hydrogen) atoms. The Morgan fingerprint density at radius 2 is 2.10 bits per heavy atom. The lowest BCUT2D eigenvalue weighted by atomic mass is 9.98. The third-order valence-corrected chi connectivity index (χ3v) is 3.38. The van der Waals surface area contributed by atoms with Crippen LogP contribution in [0.4, 0.5) is 0 Å². The summed E-state index contributed by atoms with van der Waals surface area (Å²) < 4.78 is 5.03. The number of benzene rings is 1. The molecule has 2 unspecified atom stereocenters. The van der Waals surface area contributed by atoms with Gasteiger partial charge in [0.2, 0.25) is 5.91 Å². The van der Waals surface area contributed by atoms with E-state index in [1.807, 2.05) is 38.1 Å². The van der Waals surface area contributed by atoms with E-state index in [9.17, 15) is 14.7 Å². The van der Waals surface area contributed by atoms with Crippen LogP contribution in [0.2, 0.25) is 0 Å². The number of aryl methyl sites for hydroxylation is 1. The fraction of sp³-hybridized carbons (Fsp3) is 0.500. The number of amides is 1. The number of carbonyl (C=O) groups excluding carboxylic acids is 1. The van der Waals surface area contributed by atoms with Crippen molar-refractivity contribution in [3.8, 4) is 0 Å². The highest BCUT2D eigenvalue weighted by molar-refractivity contribution is 5.81. The first-order valence-electron chi connectivity index (χ1n) is 7.06. The molecule has 0 fully saturated rings. The summed E-state index contributed by atoms with van der Waals surface area (Å²) in [6.07, 6.45) is 0.414. The zero-order chi connectivity index (χ0) is 15.8. The Hall–Kier alpha value is -1.88. The fourth-order valence-corrected chi connectivity index (χ4v) is 2.17. The van der Waals surface area contributed by atoms with Gasteiger partial charge in [-0.2, -0.15) is 0 Å². The zero-order valence-electron chi connectivity index (χ0n) is 12.8. The summed E-state index contributed by atoms with van der Waals surface area (Å²) in [5, 5.41) is 11.9. The number of carbonyl (C=O) groups is 2. The molecule has 2 atom stereocenters. The molecule has 0 aliphatic carbocycles. The van der Waals surface area contributed by atoms with Crippen LogP contribution in [-0.4, -0.2) is 36.7 Å². The highest BCUT2D eigenvalue weighted by Crippen LogP contribution is 2.11. The third kappa shape index (κ3) is 5.55. The summed E-state index contributed by atoms with van der Waals surface area (Å²) in [6.45, 7) is 3.91. The maximum absolute atomic E-state index is 11.8. The lowest BCUT2D eigenvalue weighted by Crippen LogP contribution is -2.40. The molecular weight excluding hydrogens is 270 g/mol. The number of nitrogens with one attached hydrogen (secondary N) is 1. The van der Waals surface area contributed by atoms with Crippen molar-refractivity contribution in [2.24, 2.45) is 5.92 Å². The van der Waals surface area contributed by atoms with Gasteiger partial charge in [-0.1, -0.05) is 36.8 Å². The molecule has 0 bridgehead atoms. The van der Waals surface area contributed by atoms with Gasteiger partial charge in [-0.15, -0.1) is 0 Å². The van der Waals surface area contributed by atoms with Gasteiger partial charge in [0, 0.05) is 13.7 Å². The van der Waals surface area contributed by atoms with Crippen molar-refractivity contribution >= 4 is 11.9 Å². The molecule has 0 aliphatic heterocycles. The van der Waals surface area contributed by atoms with Gasteiger partial charge >= 0.3 is 5.97 Å². The molecule has 1 aromatic rings. The monoisotopic (exact) mass is 293 g/mol. The summed E-state index contributed by atoms with van der Waals surface area (Å²) in [5.41, 5.74) is 2.04. The SMILES string of the molecule is CCC(OC)C(=O)NCC(Cc1cccc(C)c1)C(=O)O. The predicted octanol–water partition coefficient (Wildman–Crippen LogP) is 1.78. The minimum atomic E-state index is -0.915. The molecular formula is C16H23NO4. The second-order valence-electron chi connectivity index (χ2n) is 5.11. The summed E-state index contributed by atoms with van der Waals surface area (Å²) in [7, 11) is 1.47. The Labute approximate surface area is 125 Å². The lowest BCUT2D eigenvalue weighted by molar-refractivity contribution is -0.142. The Bertz CT molecular complexity index is 483. The molecule has 0 radical (unpaired) electrons. The average molecular weight is 293 g/mol. The van der Waals surface area contributed by atoms with E-state index in [-0.39, 0.29) is 12.5 Å². The Balaban J connectivity index is 2.62. The highest BCUT2D eigenvalue weighted by atomic mass is 16.5. The molecule has 5 nitrogen and oxygen atoms in total. The van der Waals surface area contributed by atoms with Crippen LogP contribution in [0.25, 0.3) is 0 Å². The van der Waals surface area contributed by atoms with E-state index < -0.39 is 18.0 Å². The molecule has 1 amide bonds. The number of hydrogen-bond donors (Lipinski definition) is 2. The normalized spacial score (nSPS) is 13.5. The van der Waals surface area contributed by atoms with Gasteiger partial charge in [0.05, 0.1) is 5.92 Å². The summed E-state index contributed by atoms with van der Waals surface area (Å²) in [5.74, 6) is -1.83. The van der Waals surface area contributed by atoms with Crippen molar-refractivity contribution < 1.29 is 19.4 Å². The van der Waals surface area contributed by atoms with Crippen molar-refractivity contribution in [3.05, 3.63) is 35.4 Å². The molecule has 2 N–H and O–H groups in total. The topological polar surface area (TPSA) is 75.6 Å². The minimum absolute atomic E-state index is 0.0992. The third-order valence-electron chi connectivity index (χ3n) is 3.38. The van der Waals surface area contributed by atoms with Crippen molar-refractivity contribution in [3.63, 3.8) is 0 Å². The standard InChI is InChI=1S/C16H23NO4/c1-4-14(21-3)15(18)17-10-13(16(19)20)9-12-7-5-6-11(2)8-12/h5-8,13-14H,4,9-10H2,1-3H3,(H,17,18)(H,19,20). The minimum Gasteiger partial charge on any atom is -0.481 e. The van der Waals surface area contributed by atoms with E-state index >= 15 is 0 Å². The summed E-state index contributed by atoms with van der Waals surface area (Å²) >= 11 is 0. The number of hydrogen-bond acceptors (Lipinski definition) is 3. The van der Waals surface area contributed by atoms with Crippen molar-refractivity contribution in [1.29, 1.82) is 0 Å². The molecule has 0 saturated heterocycles. The van der Waals surface area contributed by atoms with Crippen LogP contribution in [0.3, 0.4) is 0 Å². The maximum atomic E-state index is 11.8. The number of methoxy groups -OCH3 is 1. The molecule has 116 valence electrons. The van der Waals surface area contributed by atoms with Gasteiger partial charge in [-0.25, -0.2) is 0 Å². The van der Waals surface area contributed by atoms with Crippen molar-refractivity contribution in [1.82, 2.24) is 5.32 Å². The number of aliphatic carboxylic acids is 1. The van der Waals surface area contributed by atoms with Gasteiger partial charge in [0.1, 0.15) is 6.10 Å². The first-order valence-corrected chi connectivity index (χ1v) is 7.06. The Morgan fingerprint density at radius 3 is 2.62 bits per heavy atom. The van der Waals surface area contributed by atoms with Crippen LogP contribution in [0.15, 0.2) is 24.3 Å². The van der Waals surface area contributed by atoms with Crippen LogP contribution < -0.4 is 5.32 Å². The Kier molecular flexibility index (Phi) is 6.88. The van der Waals surface area contributed by atoms with Crippen molar-refractivity contribution in [2.75, 3.05) is 13.7 Å². The van der Waals surface area contributed by atoms with Gasteiger partial charge in [-0.3, -0.25) is 9.59 Å². The molecule has 0 aliphatic rings. The lowest BCUT2D eigenvalue weighted by Gasteiger charge is -2.17. The van der Waals surface area contributed by atoms with Crippen LogP contribution in [0.1, 0.15) is 24.5 Å². The first kappa shape index (κ1) is 17.2.